The zero-order chi connectivity index (χ0) is 43.0. The lowest BCUT2D eigenvalue weighted by Crippen LogP contribution is -2.62. The minimum Gasteiger partial charge on any atom is -0.480 e. The summed E-state index contributed by atoms with van der Waals surface area (Å²) in [6, 6.07) is -7.06. The summed E-state index contributed by atoms with van der Waals surface area (Å²) in [7, 11) is 0. The van der Waals surface area contributed by atoms with E-state index in [1.165, 1.54) is 71.6 Å². The Bertz CT molecular complexity index is 1140. The molecule has 4 amide bonds. The number of hydrogen-bond acceptors (Lipinski definition) is 12. The number of rotatable bonds is 37. The number of carboxylic acid groups (broad SMARTS) is 1. The second-order valence-corrected chi connectivity index (χ2v) is 15.1. The minimum absolute atomic E-state index is 0.0276. The van der Waals surface area contributed by atoms with Crippen LogP contribution in [0.2, 0.25) is 0 Å². The third-order valence-electron chi connectivity index (χ3n) is 9.87. The summed E-state index contributed by atoms with van der Waals surface area (Å²) < 4.78 is 0. The van der Waals surface area contributed by atoms with E-state index in [2.05, 4.69) is 33.5 Å². The highest BCUT2D eigenvalue weighted by atomic mass is 16.4. The van der Waals surface area contributed by atoms with Crippen molar-refractivity contribution in [1.29, 1.82) is 0 Å². The maximum absolute atomic E-state index is 13.5. The molecule has 0 fully saturated rings. The quantitative estimate of drug-likeness (QED) is 0.0391. The Morgan fingerprint density at radius 3 is 1.37 bits per heavy atom. The van der Waals surface area contributed by atoms with Gasteiger partial charge in [-0.2, -0.15) is 0 Å². The number of aliphatic carboxylic acids is 1. The van der Waals surface area contributed by atoms with Gasteiger partial charge in [0.2, 0.25) is 23.6 Å². The number of carbonyl (C=O) groups excluding carboxylic acids is 5. The number of carboxylic acids is 1. The van der Waals surface area contributed by atoms with E-state index in [9.17, 15) is 49.2 Å². The molecule has 0 saturated heterocycles. The molecular weight excluding hydrogens is 738 g/mol. The summed E-state index contributed by atoms with van der Waals surface area (Å²) in [6.45, 7) is 4.42. The second kappa shape index (κ2) is 33.7. The molecule has 57 heavy (non-hydrogen) atoms. The number of nitrogens with two attached hydrogens (primary N) is 2. The predicted molar refractivity (Wildman–Crippen MR) is 219 cm³/mol. The largest absolute Gasteiger partial charge is 0.480 e. The summed E-state index contributed by atoms with van der Waals surface area (Å²) >= 11 is 0. The number of nitrogens with one attached hydrogen (secondary N) is 5. The molecule has 0 bridgehead atoms. The predicted octanol–water partition coefficient (Wildman–Crippen LogP) is 1.03. The molecule has 17 heteroatoms. The molecule has 0 aliphatic heterocycles. The van der Waals surface area contributed by atoms with Crippen LogP contribution in [0.25, 0.3) is 0 Å². The first kappa shape index (κ1) is 53.8. The van der Waals surface area contributed by atoms with Crippen LogP contribution in [0.1, 0.15) is 149 Å². The molecule has 0 aliphatic rings. The number of ketones is 1. The van der Waals surface area contributed by atoms with Gasteiger partial charge >= 0.3 is 5.97 Å². The maximum Gasteiger partial charge on any atom is 0.328 e. The maximum atomic E-state index is 13.5. The monoisotopic (exact) mass is 816 g/mol. The lowest BCUT2D eigenvalue weighted by molar-refractivity contribution is -0.143. The fourth-order valence-corrected chi connectivity index (χ4v) is 6.27. The van der Waals surface area contributed by atoms with E-state index in [4.69, 9.17) is 11.5 Å². The molecule has 0 spiro atoms. The van der Waals surface area contributed by atoms with Gasteiger partial charge in [0, 0.05) is 6.42 Å². The fourth-order valence-electron chi connectivity index (χ4n) is 6.27. The topological polar surface area (TPSA) is 296 Å². The average Bonchev–Trinajstić information content (AvgIpc) is 3.16. The van der Waals surface area contributed by atoms with Crippen molar-refractivity contribution in [2.24, 2.45) is 11.5 Å². The van der Waals surface area contributed by atoms with Crippen LogP contribution in [0.15, 0.2) is 0 Å². The van der Waals surface area contributed by atoms with Crippen molar-refractivity contribution < 1.29 is 49.2 Å². The number of Topliss-reactive ketones (excluding diaryl/α,β-unsaturated/α-hetero) is 1. The van der Waals surface area contributed by atoms with Crippen molar-refractivity contribution in [2.45, 2.75) is 192 Å². The van der Waals surface area contributed by atoms with Crippen LogP contribution in [0.5, 0.6) is 0 Å². The first-order valence-corrected chi connectivity index (χ1v) is 21.3. The van der Waals surface area contributed by atoms with Crippen LogP contribution in [0.4, 0.5) is 0 Å². The third-order valence-corrected chi connectivity index (χ3v) is 9.87. The smallest absolute Gasteiger partial charge is 0.328 e. The second-order valence-electron chi connectivity index (χ2n) is 15.1. The summed E-state index contributed by atoms with van der Waals surface area (Å²) in [5.41, 5.74) is 11.2. The van der Waals surface area contributed by atoms with Crippen molar-refractivity contribution in [1.82, 2.24) is 26.6 Å². The van der Waals surface area contributed by atoms with Crippen molar-refractivity contribution in [2.75, 3.05) is 26.2 Å². The van der Waals surface area contributed by atoms with E-state index in [1.807, 2.05) is 0 Å². The van der Waals surface area contributed by atoms with Gasteiger partial charge in [-0.3, -0.25) is 29.3 Å². The van der Waals surface area contributed by atoms with Crippen LogP contribution in [0.3, 0.4) is 0 Å². The molecule has 332 valence electrons. The Morgan fingerprint density at radius 1 is 0.526 bits per heavy atom. The normalized spacial score (nSPS) is 15.0. The molecular formula is C40H77N7O10. The summed E-state index contributed by atoms with van der Waals surface area (Å²) in [6.07, 6.45) is 15.3. The highest BCUT2D eigenvalue weighted by Gasteiger charge is 2.35. The van der Waals surface area contributed by atoms with Crippen molar-refractivity contribution in [3.05, 3.63) is 0 Å². The van der Waals surface area contributed by atoms with Crippen LogP contribution < -0.4 is 38.1 Å². The average molecular weight is 816 g/mol. The van der Waals surface area contributed by atoms with Gasteiger partial charge < -0.3 is 53.2 Å². The van der Waals surface area contributed by atoms with Gasteiger partial charge in [0.05, 0.1) is 31.4 Å². The van der Waals surface area contributed by atoms with E-state index in [0.29, 0.717) is 45.1 Å². The van der Waals surface area contributed by atoms with Gasteiger partial charge in [-0.1, -0.05) is 90.4 Å². The van der Waals surface area contributed by atoms with Gasteiger partial charge in [-0.05, 0) is 65.5 Å². The highest BCUT2D eigenvalue weighted by molar-refractivity contribution is 5.96. The molecule has 13 N–H and O–H groups in total. The first-order chi connectivity index (χ1) is 27.2. The number of aliphatic hydroxyl groups excluding tert-OH is 3. The Kier molecular flexibility index (Phi) is 31.8. The number of aliphatic hydroxyl groups is 3. The lowest BCUT2D eigenvalue weighted by atomic mass is 10.0. The standard InChI is InChI=1S/C40H77N7O10/c1-4-5-6-7-8-9-10-11-12-13-14-15-16-21-30(51)26-43-31(22-17-19-24-41)36(52)46-35(29(3)50)39(55)47-34(28(2)49)38(54)44-32(23-18-20-25-42)37(53)45-33(27-48)40(56)57/h28-29,31-35,43,48-50H,4-27,41-42H2,1-3H3,(H,44,54)(H,45,53)(H,46,52)(H,47,55)(H,56,57)/t28-,29-,31+,32+,33+,34+,35+/m1/s1. The molecule has 0 aromatic heterocycles. The van der Waals surface area contributed by atoms with Crippen LogP contribution in [-0.4, -0.2) is 124 Å². The van der Waals surface area contributed by atoms with E-state index >= 15 is 0 Å². The Hall–Kier alpha value is -3.22. The molecule has 0 radical (unpaired) electrons. The molecule has 7 atom stereocenters. The summed E-state index contributed by atoms with van der Waals surface area (Å²) in [4.78, 5) is 77.2. The molecule has 0 saturated carbocycles. The molecule has 0 rings (SSSR count). The van der Waals surface area contributed by atoms with Gasteiger partial charge in [0.1, 0.15) is 30.0 Å². The highest BCUT2D eigenvalue weighted by Crippen LogP contribution is 2.13. The molecule has 0 aromatic rings. The Morgan fingerprint density at radius 2 is 0.930 bits per heavy atom. The van der Waals surface area contributed by atoms with Gasteiger partial charge in [-0.25, -0.2) is 4.79 Å². The first-order valence-electron chi connectivity index (χ1n) is 21.3. The molecule has 0 heterocycles. The summed E-state index contributed by atoms with van der Waals surface area (Å²) in [5.74, 6) is -5.12. The van der Waals surface area contributed by atoms with E-state index in [1.54, 1.807) is 0 Å². The van der Waals surface area contributed by atoms with Crippen LogP contribution >= 0.6 is 0 Å². The minimum atomic E-state index is -1.66. The fraction of sp³-hybridized carbons (Fsp3) is 0.850. The SMILES string of the molecule is CCCCCCCCCCCCCCCC(=O)CN[C@@H](CCCCN)C(=O)N[C@H](C(=O)N[C@H](C(=O)N[C@@H](CCCCN)C(=O)N[C@@H](CO)C(=O)O)[C@@H](C)O)[C@@H](C)O. The summed E-state index contributed by atoms with van der Waals surface area (Å²) in [5, 5.41) is 51.9. The Labute approximate surface area is 340 Å². The molecule has 0 aliphatic carbocycles. The van der Waals surface area contributed by atoms with Crippen molar-refractivity contribution >= 4 is 35.4 Å². The zero-order valence-electron chi connectivity index (χ0n) is 34.9. The van der Waals surface area contributed by atoms with E-state index < -0.39 is 78.6 Å². The molecule has 0 unspecified atom stereocenters. The number of amides is 4. The Balaban J connectivity index is 5.31. The molecule has 17 nitrogen and oxygen atoms in total. The van der Waals surface area contributed by atoms with E-state index in [-0.39, 0.29) is 25.3 Å². The number of unbranched alkanes of at least 4 members (excludes halogenated alkanes) is 14. The number of carbonyl (C=O) groups is 6. The third kappa shape index (κ3) is 25.7. The lowest BCUT2D eigenvalue weighted by Gasteiger charge is -2.29. The van der Waals surface area contributed by atoms with Gasteiger partial charge in [0.25, 0.3) is 0 Å². The van der Waals surface area contributed by atoms with Crippen molar-refractivity contribution in [3.8, 4) is 0 Å². The van der Waals surface area contributed by atoms with Crippen LogP contribution in [-0.2, 0) is 28.8 Å². The zero-order valence-corrected chi connectivity index (χ0v) is 34.9. The number of hydrogen-bond donors (Lipinski definition) is 11. The van der Waals surface area contributed by atoms with Gasteiger partial charge in [0.15, 0.2) is 0 Å². The van der Waals surface area contributed by atoms with E-state index in [0.717, 1.165) is 25.7 Å². The van der Waals surface area contributed by atoms with Crippen molar-refractivity contribution in [3.63, 3.8) is 0 Å². The molecule has 0 aromatic carbocycles. The van der Waals surface area contributed by atoms with Gasteiger partial charge in [-0.15, -0.1) is 0 Å². The van der Waals surface area contributed by atoms with Crippen LogP contribution in [0, 0.1) is 0 Å².